The molecule has 7 nitrogen and oxygen atoms in total. The number of allylic oxidation sites excluding steroid dienone is 2. The van der Waals surface area contributed by atoms with Gasteiger partial charge in [-0.1, -0.05) is 12.1 Å². The monoisotopic (exact) mass is 407 g/mol. The average molecular weight is 408 g/mol. The van der Waals surface area contributed by atoms with Crippen molar-refractivity contribution in [3.63, 3.8) is 0 Å². The summed E-state index contributed by atoms with van der Waals surface area (Å²) >= 11 is 0. The molecule has 1 saturated heterocycles. The van der Waals surface area contributed by atoms with Crippen molar-refractivity contribution in [3.05, 3.63) is 35.4 Å². The van der Waals surface area contributed by atoms with Gasteiger partial charge in [-0.25, -0.2) is 0 Å². The van der Waals surface area contributed by atoms with Crippen molar-refractivity contribution >= 4 is 23.0 Å². The molecule has 0 radical (unpaired) electrons. The zero-order chi connectivity index (χ0) is 20.9. The van der Waals surface area contributed by atoms with Crippen LogP contribution in [0.5, 0.6) is 0 Å². The average Bonchev–Trinajstić information content (AvgIpc) is 3.30. The topological polar surface area (TPSA) is 89.8 Å². The standard InChI is InChI=1S/C23H29N5O2/c1-30-28-11-9-16(10-12-28)18-7-8-21(20(13-18)17-5-3-2-4-6-17)27-23(29)22-25-15-19(14-24)26-22/h5,7-8,13,16,19H,2-4,6,9-12,15H2,1H3,(H,25,26)(H,27,29). The Morgan fingerprint density at radius 1 is 1.33 bits per heavy atom. The fraction of sp³-hybridized carbons (Fsp3) is 0.522. The van der Waals surface area contributed by atoms with Crippen molar-refractivity contribution in [2.75, 3.05) is 32.1 Å². The van der Waals surface area contributed by atoms with Gasteiger partial charge in [0.05, 0.1) is 19.7 Å². The quantitative estimate of drug-likeness (QED) is 0.782. The fourth-order valence-corrected chi connectivity index (χ4v) is 4.48. The lowest BCUT2D eigenvalue weighted by Crippen LogP contribution is -2.37. The molecule has 1 aromatic rings. The van der Waals surface area contributed by atoms with Crippen LogP contribution in [0.3, 0.4) is 0 Å². The Hall–Kier alpha value is -2.69. The number of benzene rings is 1. The van der Waals surface area contributed by atoms with Crippen molar-refractivity contribution in [2.24, 2.45) is 4.99 Å². The lowest BCUT2D eigenvalue weighted by molar-refractivity contribution is -0.143. The van der Waals surface area contributed by atoms with Gasteiger partial charge >= 0.3 is 0 Å². The Labute approximate surface area is 177 Å². The largest absolute Gasteiger partial charge is 0.349 e. The molecule has 0 saturated carbocycles. The van der Waals surface area contributed by atoms with Gasteiger partial charge in [-0.15, -0.1) is 0 Å². The number of amidine groups is 1. The van der Waals surface area contributed by atoms with Crippen LogP contribution in [-0.2, 0) is 9.63 Å². The molecule has 2 aliphatic heterocycles. The number of nitrogens with one attached hydrogen (secondary N) is 2. The highest BCUT2D eigenvalue weighted by atomic mass is 16.7. The molecule has 4 rings (SSSR count). The van der Waals surface area contributed by atoms with Gasteiger partial charge in [0.15, 0.2) is 5.84 Å². The Morgan fingerprint density at radius 2 is 2.17 bits per heavy atom. The number of rotatable bonds is 5. The van der Waals surface area contributed by atoms with Crippen LogP contribution in [0.2, 0.25) is 0 Å². The number of carbonyl (C=O) groups is 1. The van der Waals surface area contributed by atoms with Crippen LogP contribution >= 0.6 is 0 Å². The normalized spacial score (nSPS) is 22.6. The van der Waals surface area contributed by atoms with Crippen molar-refractivity contribution in [1.29, 1.82) is 5.26 Å². The third kappa shape index (κ3) is 4.55. The summed E-state index contributed by atoms with van der Waals surface area (Å²) in [6.07, 6.45) is 8.94. The molecule has 0 bridgehead atoms. The lowest BCUT2D eigenvalue weighted by Gasteiger charge is -2.30. The van der Waals surface area contributed by atoms with Crippen LogP contribution in [0.15, 0.2) is 29.3 Å². The molecule has 0 aromatic heterocycles. The number of piperidine rings is 1. The third-order valence-corrected chi connectivity index (χ3v) is 6.23. The van der Waals surface area contributed by atoms with E-state index in [1.807, 2.05) is 11.1 Å². The van der Waals surface area contributed by atoms with E-state index in [4.69, 9.17) is 10.1 Å². The van der Waals surface area contributed by atoms with E-state index in [-0.39, 0.29) is 11.7 Å². The van der Waals surface area contributed by atoms with Crippen LogP contribution in [0.1, 0.15) is 55.6 Å². The van der Waals surface area contributed by atoms with Gasteiger partial charge in [0.1, 0.15) is 6.04 Å². The summed E-state index contributed by atoms with van der Waals surface area (Å²) in [6, 6.07) is 8.10. The number of amides is 1. The summed E-state index contributed by atoms with van der Waals surface area (Å²) < 4.78 is 0. The van der Waals surface area contributed by atoms with Crippen LogP contribution in [0.4, 0.5) is 5.69 Å². The minimum atomic E-state index is -0.424. The summed E-state index contributed by atoms with van der Waals surface area (Å²) in [5.74, 6) is 0.453. The Morgan fingerprint density at radius 3 is 2.83 bits per heavy atom. The van der Waals surface area contributed by atoms with Crippen LogP contribution in [-0.4, -0.2) is 49.6 Å². The van der Waals surface area contributed by atoms with Crippen molar-refractivity contribution < 1.29 is 9.63 Å². The van der Waals surface area contributed by atoms with Crippen molar-refractivity contribution in [1.82, 2.24) is 10.4 Å². The SMILES string of the molecule is CON1CCC(c2ccc(NC(=O)C3=NCC(C#N)N3)c(C3=CCCCC3)c2)CC1. The fourth-order valence-electron chi connectivity index (χ4n) is 4.48. The van der Waals surface area contributed by atoms with Gasteiger partial charge in [-0.2, -0.15) is 10.3 Å². The van der Waals surface area contributed by atoms with E-state index < -0.39 is 6.04 Å². The van der Waals surface area contributed by atoms with E-state index in [2.05, 4.69) is 39.9 Å². The third-order valence-electron chi connectivity index (χ3n) is 6.23. The zero-order valence-corrected chi connectivity index (χ0v) is 17.5. The molecule has 2 heterocycles. The highest BCUT2D eigenvalue weighted by Gasteiger charge is 2.25. The minimum Gasteiger partial charge on any atom is -0.349 e. The second-order valence-electron chi connectivity index (χ2n) is 8.14. The second kappa shape index (κ2) is 9.41. The molecule has 2 N–H and O–H groups in total. The first-order valence-electron chi connectivity index (χ1n) is 10.8. The van der Waals surface area contributed by atoms with E-state index >= 15 is 0 Å². The number of anilines is 1. The molecule has 7 heteroatoms. The Balaban J connectivity index is 1.56. The summed E-state index contributed by atoms with van der Waals surface area (Å²) in [5, 5.41) is 16.9. The van der Waals surface area contributed by atoms with Gasteiger partial charge in [0.25, 0.3) is 5.91 Å². The van der Waals surface area contributed by atoms with Gasteiger partial charge in [-0.3, -0.25) is 9.79 Å². The zero-order valence-electron chi connectivity index (χ0n) is 17.5. The predicted octanol–water partition coefficient (Wildman–Crippen LogP) is 3.22. The summed E-state index contributed by atoms with van der Waals surface area (Å²) in [7, 11) is 1.73. The number of nitrogens with zero attached hydrogens (tertiary/aromatic N) is 3. The molecule has 1 aliphatic carbocycles. The number of hydrogen-bond donors (Lipinski definition) is 2. The number of aliphatic imine (C=N–C) groups is 1. The maximum absolute atomic E-state index is 12.7. The minimum absolute atomic E-state index is 0.237. The van der Waals surface area contributed by atoms with E-state index in [9.17, 15) is 4.79 Å². The molecule has 1 atom stereocenters. The van der Waals surface area contributed by atoms with E-state index in [1.165, 1.54) is 24.0 Å². The van der Waals surface area contributed by atoms with E-state index in [0.717, 1.165) is 50.0 Å². The number of hydroxylamine groups is 2. The first-order valence-corrected chi connectivity index (χ1v) is 10.8. The summed E-state index contributed by atoms with van der Waals surface area (Å²) in [5.41, 5.74) is 4.57. The van der Waals surface area contributed by atoms with Gasteiger partial charge in [0.2, 0.25) is 0 Å². The number of carbonyl (C=O) groups excluding carboxylic acids is 1. The predicted molar refractivity (Wildman–Crippen MR) is 117 cm³/mol. The Kier molecular flexibility index (Phi) is 6.46. The molecule has 1 amide bonds. The molecular weight excluding hydrogens is 378 g/mol. The maximum Gasteiger partial charge on any atom is 0.290 e. The van der Waals surface area contributed by atoms with Crippen molar-refractivity contribution in [3.8, 4) is 6.07 Å². The van der Waals surface area contributed by atoms with Crippen LogP contribution in [0.25, 0.3) is 5.57 Å². The molecule has 3 aliphatic rings. The van der Waals surface area contributed by atoms with E-state index in [1.54, 1.807) is 7.11 Å². The molecule has 1 aromatic carbocycles. The smallest absolute Gasteiger partial charge is 0.290 e. The summed E-state index contributed by atoms with van der Waals surface area (Å²) in [4.78, 5) is 22.2. The Bertz CT molecular complexity index is 893. The molecule has 0 spiro atoms. The highest BCUT2D eigenvalue weighted by molar-refractivity contribution is 6.42. The molecule has 1 unspecified atom stereocenters. The summed E-state index contributed by atoms with van der Waals surface area (Å²) in [6.45, 7) is 2.18. The molecular formula is C23H29N5O2. The van der Waals surface area contributed by atoms with Crippen LogP contribution in [0, 0.1) is 11.3 Å². The van der Waals surface area contributed by atoms with E-state index in [0.29, 0.717) is 12.5 Å². The first-order chi connectivity index (χ1) is 14.7. The molecule has 30 heavy (non-hydrogen) atoms. The number of hydrogen-bond acceptors (Lipinski definition) is 6. The maximum atomic E-state index is 12.7. The number of nitriles is 1. The highest BCUT2D eigenvalue weighted by Crippen LogP contribution is 2.36. The first kappa shape index (κ1) is 20.6. The second-order valence-corrected chi connectivity index (χ2v) is 8.14. The van der Waals surface area contributed by atoms with Crippen molar-refractivity contribution in [2.45, 2.75) is 50.5 Å². The van der Waals surface area contributed by atoms with Crippen LogP contribution < -0.4 is 10.6 Å². The lowest BCUT2D eigenvalue weighted by atomic mass is 9.86. The van der Waals surface area contributed by atoms with Gasteiger partial charge in [0, 0.05) is 24.3 Å². The van der Waals surface area contributed by atoms with Gasteiger partial charge in [-0.05, 0) is 67.7 Å². The molecule has 158 valence electrons. The van der Waals surface area contributed by atoms with Gasteiger partial charge < -0.3 is 15.5 Å². The molecule has 1 fully saturated rings.